The first-order valence-corrected chi connectivity index (χ1v) is 10.2. The van der Waals surface area contributed by atoms with Crippen LogP contribution in [-0.2, 0) is 9.53 Å². The third-order valence-corrected chi connectivity index (χ3v) is 5.12. The summed E-state index contributed by atoms with van der Waals surface area (Å²) in [5.41, 5.74) is 2.98. The summed E-state index contributed by atoms with van der Waals surface area (Å²) in [5, 5.41) is 16.3. The van der Waals surface area contributed by atoms with Crippen LogP contribution in [0.3, 0.4) is 0 Å². The van der Waals surface area contributed by atoms with Crippen LogP contribution >= 0.6 is 11.6 Å². The fourth-order valence-corrected chi connectivity index (χ4v) is 3.57. The van der Waals surface area contributed by atoms with Crippen LogP contribution in [0.1, 0.15) is 24.4 Å². The average molecular weight is 440 g/mol. The minimum atomic E-state index is -0.381. The highest BCUT2D eigenvalue weighted by Crippen LogP contribution is 2.23. The maximum atomic E-state index is 12.9. The number of amides is 1. The summed E-state index contributed by atoms with van der Waals surface area (Å²) in [7, 11) is 0. The van der Waals surface area contributed by atoms with Crippen LogP contribution in [0.15, 0.2) is 48.4 Å². The Labute approximate surface area is 184 Å². The molecule has 160 valence electrons. The second kappa shape index (κ2) is 8.83. The fraction of sp³-hybridized carbons (Fsp3) is 0.286. The molecule has 1 fully saturated rings. The number of hydrogen-bond donors (Lipinski definition) is 2. The molecule has 1 atom stereocenters. The van der Waals surface area contributed by atoms with E-state index < -0.39 is 0 Å². The van der Waals surface area contributed by atoms with Gasteiger partial charge in [-0.15, -0.1) is 0 Å². The Morgan fingerprint density at radius 1 is 1.35 bits per heavy atom. The number of morpholine rings is 1. The molecule has 1 unspecified atom stereocenters. The predicted molar refractivity (Wildman–Crippen MR) is 117 cm³/mol. The number of benzene rings is 1. The number of ether oxygens (including phenoxy) is 1. The van der Waals surface area contributed by atoms with Gasteiger partial charge in [-0.05, 0) is 50.3 Å². The van der Waals surface area contributed by atoms with E-state index in [4.69, 9.17) is 21.7 Å². The molecule has 2 aromatic heterocycles. The standard InChI is InChI=1S/C21H22ClN7O2/c1-13(26-16-5-3-15(22)4-6-16)9-17(23)20(30)28-7-8-31-19(11-28)18-10-14(2)27-21-24-12-25-29(18)21/h3-6,9-10,12,19,23,26H,7-8,11H2,1-2H3/b13-9-,23-17?. The van der Waals surface area contributed by atoms with Gasteiger partial charge in [0, 0.05) is 28.6 Å². The predicted octanol–water partition coefficient (Wildman–Crippen LogP) is 3.02. The van der Waals surface area contributed by atoms with Crippen LogP contribution in [0.25, 0.3) is 5.78 Å². The summed E-state index contributed by atoms with van der Waals surface area (Å²) in [4.78, 5) is 23.0. The summed E-state index contributed by atoms with van der Waals surface area (Å²) in [6.07, 6.45) is 2.58. The van der Waals surface area contributed by atoms with E-state index in [0.29, 0.717) is 36.2 Å². The lowest BCUT2D eigenvalue weighted by Gasteiger charge is -2.33. The molecule has 1 aromatic carbocycles. The SMILES string of the molecule is C/C(=C/C(=N)C(=O)N1CCOC(c2cc(C)nc3ncnn23)C1)Nc1ccc(Cl)cc1. The zero-order chi connectivity index (χ0) is 22.0. The first-order chi connectivity index (χ1) is 14.9. The van der Waals surface area contributed by atoms with Gasteiger partial charge < -0.3 is 15.0 Å². The largest absolute Gasteiger partial charge is 0.368 e. The summed E-state index contributed by atoms with van der Waals surface area (Å²) >= 11 is 5.90. The molecule has 4 rings (SSSR count). The molecule has 3 aromatic rings. The molecule has 0 radical (unpaired) electrons. The molecule has 31 heavy (non-hydrogen) atoms. The van der Waals surface area contributed by atoms with Crippen LogP contribution < -0.4 is 5.32 Å². The van der Waals surface area contributed by atoms with Gasteiger partial charge in [0.25, 0.3) is 11.7 Å². The summed E-state index contributed by atoms with van der Waals surface area (Å²) in [6, 6.07) is 9.09. The smallest absolute Gasteiger partial charge is 0.271 e. The molecule has 1 amide bonds. The number of carbonyl (C=O) groups is 1. The number of carbonyl (C=O) groups excluding carboxylic acids is 1. The van der Waals surface area contributed by atoms with E-state index >= 15 is 0 Å². The zero-order valence-corrected chi connectivity index (χ0v) is 17.9. The maximum absolute atomic E-state index is 12.9. The summed E-state index contributed by atoms with van der Waals surface area (Å²) < 4.78 is 7.53. The summed E-state index contributed by atoms with van der Waals surface area (Å²) in [6.45, 7) is 4.78. The second-order valence-corrected chi connectivity index (χ2v) is 7.71. The van der Waals surface area contributed by atoms with Gasteiger partial charge in [-0.25, -0.2) is 4.98 Å². The Morgan fingerprint density at radius 2 is 2.13 bits per heavy atom. The van der Waals surface area contributed by atoms with Crippen molar-refractivity contribution in [2.24, 2.45) is 0 Å². The number of anilines is 1. The Balaban J connectivity index is 1.46. The molecule has 10 heteroatoms. The van der Waals surface area contributed by atoms with Crippen LogP contribution in [0, 0.1) is 12.3 Å². The second-order valence-electron chi connectivity index (χ2n) is 7.28. The molecule has 0 bridgehead atoms. The number of halogens is 1. The van der Waals surface area contributed by atoms with Crippen molar-refractivity contribution in [1.82, 2.24) is 24.5 Å². The number of nitrogens with zero attached hydrogens (tertiary/aromatic N) is 5. The fourth-order valence-electron chi connectivity index (χ4n) is 3.45. The molecule has 1 aliphatic rings. The Bertz CT molecular complexity index is 1160. The molecule has 0 aliphatic carbocycles. The van der Waals surface area contributed by atoms with Gasteiger partial charge in [0.05, 0.1) is 18.8 Å². The molecule has 1 saturated heterocycles. The quantitative estimate of drug-likeness (QED) is 0.591. The van der Waals surface area contributed by atoms with E-state index in [1.165, 1.54) is 12.4 Å². The molecular formula is C21H22ClN7O2. The first-order valence-electron chi connectivity index (χ1n) is 9.78. The van der Waals surface area contributed by atoms with Gasteiger partial charge >= 0.3 is 0 Å². The van der Waals surface area contributed by atoms with E-state index in [9.17, 15) is 4.79 Å². The van der Waals surface area contributed by atoms with E-state index in [1.54, 1.807) is 28.5 Å². The minimum absolute atomic E-state index is 0.101. The number of allylic oxidation sites excluding steroid dienone is 1. The number of aryl methyl sites for hydroxylation is 1. The molecule has 0 spiro atoms. The zero-order valence-electron chi connectivity index (χ0n) is 17.2. The Kier molecular flexibility index (Phi) is 5.97. The van der Waals surface area contributed by atoms with Crippen molar-refractivity contribution in [1.29, 1.82) is 5.41 Å². The van der Waals surface area contributed by atoms with Gasteiger partial charge in [-0.2, -0.15) is 14.6 Å². The van der Waals surface area contributed by atoms with Crippen molar-refractivity contribution >= 4 is 34.7 Å². The van der Waals surface area contributed by atoms with E-state index in [2.05, 4.69) is 20.4 Å². The average Bonchev–Trinajstić information content (AvgIpc) is 3.22. The third kappa shape index (κ3) is 4.73. The van der Waals surface area contributed by atoms with Crippen molar-refractivity contribution in [3.05, 3.63) is 64.8 Å². The lowest BCUT2D eigenvalue weighted by molar-refractivity contribution is -0.132. The van der Waals surface area contributed by atoms with Gasteiger partial charge in [0.1, 0.15) is 18.1 Å². The van der Waals surface area contributed by atoms with Gasteiger partial charge in [0.2, 0.25) is 0 Å². The van der Waals surface area contributed by atoms with E-state index in [-0.39, 0.29) is 17.7 Å². The minimum Gasteiger partial charge on any atom is -0.368 e. The Morgan fingerprint density at radius 3 is 2.90 bits per heavy atom. The van der Waals surface area contributed by atoms with Gasteiger partial charge in [-0.1, -0.05) is 11.6 Å². The van der Waals surface area contributed by atoms with Crippen LogP contribution in [0.4, 0.5) is 5.69 Å². The van der Waals surface area contributed by atoms with Crippen molar-refractivity contribution in [2.45, 2.75) is 20.0 Å². The van der Waals surface area contributed by atoms with Crippen molar-refractivity contribution in [3.8, 4) is 0 Å². The highest BCUT2D eigenvalue weighted by Gasteiger charge is 2.29. The monoisotopic (exact) mass is 439 g/mol. The first kappa shape index (κ1) is 21.0. The number of hydrogen-bond acceptors (Lipinski definition) is 7. The molecule has 1 aliphatic heterocycles. The van der Waals surface area contributed by atoms with Gasteiger partial charge in [0.15, 0.2) is 0 Å². The number of rotatable bonds is 5. The van der Waals surface area contributed by atoms with E-state index in [1.807, 2.05) is 25.1 Å². The van der Waals surface area contributed by atoms with Gasteiger partial charge in [-0.3, -0.25) is 10.2 Å². The molecule has 0 saturated carbocycles. The topological polar surface area (TPSA) is 108 Å². The molecule has 3 heterocycles. The van der Waals surface area contributed by atoms with E-state index in [0.717, 1.165) is 17.1 Å². The Hall–Kier alpha value is -3.30. The highest BCUT2D eigenvalue weighted by atomic mass is 35.5. The lowest BCUT2D eigenvalue weighted by Crippen LogP contribution is -2.45. The van der Waals surface area contributed by atoms with Crippen LogP contribution in [0.2, 0.25) is 5.02 Å². The van der Waals surface area contributed by atoms with Crippen molar-refractivity contribution in [2.75, 3.05) is 25.0 Å². The normalized spacial score (nSPS) is 17.1. The van der Waals surface area contributed by atoms with Crippen LogP contribution in [-0.4, -0.2) is 55.8 Å². The molecule has 2 N–H and O–H groups in total. The third-order valence-electron chi connectivity index (χ3n) is 4.87. The van der Waals surface area contributed by atoms with Crippen LogP contribution in [0.5, 0.6) is 0 Å². The maximum Gasteiger partial charge on any atom is 0.271 e. The number of nitrogens with one attached hydrogen (secondary N) is 2. The molecular weight excluding hydrogens is 418 g/mol. The van der Waals surface area contributed by atoms with Crippen molar-refractivity contribution in [3.63, 3.8) is 0 Å². The van der Waals surface area contributed by atoms with Crippen molar-refractivity contribution < 1.29 is 9.53 Å². The molecule has 9 nitrogen and oxygen atoms in total. The lowest BCUT2D eigenvalue weighted by atomic mass is 10.1. The highest BCUT2D eigenvalue weighted by molar-refractivity contribution is 6.42. The number of fused-ring (bicyclic) bond motifs is 1. The summed E-state index contributed by atoms with van der Waals surface area (Å²) in [5.74, 6) is 0.132. The number of aromatic nitrogens is 4.